The molecule has 2 fully saturated rings. The molecule has 0 bridgehead atoms. The largest absolute Gasteiger partial charge is 0.380 e. The minimum Gasteiger partial charge on any atom is -0.380 e. The van der Waals surface area contributed by atoms with E-state index < -0.39 is 0 Å². The van der Waals surface area contributed by atoms with Crippen molar-refractivity contribution in [1.82, 2.24) is 10.2 Å². The van der Waals surface area contributed by atoms with Crippen LogP contribution in [0.2, 0.25) is 0 Å². The average molecular weight is 256 g/mol. The molecule has 0 spiro atoms. The Morgan fingerprint density at radius 2 is 2.11 bits per heavy atom. The zero-order valence-corrected chi connectivity index (χ0v) is 12.1. The van der Waals surface area contributed by atoms with E-state index in [1.54, 1.807) is 0 Å². The maximum atomic E-state index is 5.72. The normalized spacial score (nSPS) is 33.5. The van der Waals surface area contributed by atoms with Gasteiger partial charge in [0.15, 0.2) is 0 Å². The zero-order chi connectivity index (χ0) is 13.0. The van der Waals surface area contributed by atoms with Gasteiger partial charge in [-0.15, -0.1) is 0 Å². The Morgan fingerprint density at radius 3 is 2.83 bits per heavy atom. The van der Waals surface area contributed by atoms with Crippen LogP contribution >= 0.6 is 0 Å². The van der Waals surface area contributed by atoms with Crippen molar-refractivity contribution in [1.29, 1.82) is 0 Å². The van der Waals surface area contributed by atoms with Crippen LogP contribution in [-0.2, 0) is 9.47 Å². The predicted octanol–water partition coefficient (Wildman–Crippen LogP) is 1.25. The van der Waals surface area contributed by atoms with Crippen LogP contribution in [0.25, 0.3) is 0 Å². The molecular weight excluding hydrogens is 228 g/mol. The second-order valence-corrected chi connectivity index (χ2v) is 6.05. The highest BCUT2D eigenvalue weighted by atomic mass is 16.5. The number of hydrogen-bond donors (Lipinski definition) is 1. The lowest BCUT2D eigenvalue weighted by molar-refractivity contribution is -0.108. The van der Waals surface area contributed by atoms with E-state index in [9.17, 15) is 0 Å². The molecule has 106 valence electrons. The summed E-state index contributed by atoms with van der Waals surface area (Å²) in [6.45, 7) is 12.3. The maximum Gasteiger partial charge on any atom is 0.0645 e. The van der Waals surface area contributed by atoms with E-state index in [-0.39, 0.29) is 5.54 Å². The van der Waals surface area contributed by atoms with Crippen LogP contribution in [0, 0.1) is 0 Å². The van der Waals surface area contributed by atoms with E-state index in [1.807, 2.05) is 0 Å². The number of ether oxygens (including phenoxy) is 2. The number of nitrogens with zero attached hydrogens (tertiary/aromatic N) is 1. The lowest BCUT2D eigenvalue weighted by atomic mass is 9.94. The van der Waals surface area contributed by atoms with Gasteiger partial charge in [0.2, 0.25) is 0 Å². The molecule has 18 heavy (non-hydrogen) atoms. The number of morpholine rings is 1. The Labute approximate surface area is 111 Å². The van der Waals surface area contributed by atoms with Crippen LogP contribution in [0.15, 0.2) is 0 Å². The molecule has 0 aromatic carbocycles. The number of nitrogens with one attached hydrogen (secondary N) is 1. The average Bonchev–Trinajstić information content (AvgIpc) is 2.36. The van der Waals surface area contributed by atoms with Crippen LogP contribution in [-0.4, -0.2) is 62.0 Å². The molecule has 1 N–H and O–H groups in total. The quantitative estimate of drug-likeness (QED) is 0.821. The third-order valence-corrected chi connectivity index (χ3v) is 4.09. The maximum absolute atomic E-state index is 5.72. The van der Waals surface area contributed by atoms with Crippen molar-refractivity contribution in [3.8, 4) is 0 Å². The van der Waals surface area contributed by atoms with Gasteiger partial charge in [0, 0.05) is 30.8 Å². The van der Waals surface area contributed by atoms with Crippen LogP contribution in [0.3, 0.4) is 0 Å². The topological polar surface area (TPSA) is 33.7 Å². The molecule has 4 nitrogen and oxygen atoms in total. The van der Waals surface area contributed by atoms with Crippen molar-refractivity contribution < 1.29 is 9.47 Å². The first-order valence-electron chi connectivity index (χ1n) is 7.31. The summed E-state index contributed by atoms with van der Waals surface area (Å²) in [4.78, 5) is 2.59. The SMILES string of the molecule is CCCNC1CCOCC1N1CCOCC1(C)C. The van der Waals surface area contributed by atoms with Crippen LogP contribution in [0.4, 0.5) is 0 Å². The summed E-state index contributed by atoms with van der Waals surface area (Å²) in [5.74, 6) is 0. The highest BCUT2D eigenvalue weighted by molar-refractivity contribution is 4.95. The Morgan fingerprint density at radius 1 is 1.28 bits per heavy atom. The molecule has 0 aromatic heterocycles. The summed E-state index contributed by atoms with van der Waals surface area (Å²) in [7, 11) is 0. The van der Waals surface area contributed by atoms with Crippen LogP contribution < -0.4 is 5.32 Å². The summed E-state index contributed by atoms with van der Waals surface area (Å²) in [6, 6.07) is 1.06. The van der Waals surface area contributed by atoms with Gasteiger partial charge in [-0.05, 0) is 33.2 Å². The Hall–Kier alpha value is -0.160. The Balaban J connectivity index is 2.02. The van der Waals surface area contributed by atoms with Gasteiger partial charge in [0.25, 0.3) is 0 Å². The molecule has 4 heteroatoms. The van der Waals surface area contributed by atoms with Crippen LogP contribution in [0.5, 0.6) is 0 Å². The third kappa shape index (κ3) is 3.23. The van der Waals surface area contributed by atoms with E-state index >= 15 is 0 Å². The first kappa shape index (κ1) is 14.3. The second-order valence-electron chi connectivity index (χ2n) is 6.05. The molecule has 2 aliphatic rings. The first-order valence-corrected chi connectivity index (χ1v) is 7.31. The van der Waals surface area contributed by atoms with Crippen molar-refractivity contribution in [2.45, 2.75) is 51.2 Å². The molecule has 2 unspecified atom stereocenters. The molecule has 0 aliphatic carbocycles. The molecule has 2 aliphatic heterocycles. The molecule has 2 heterocycles. The lowest BCUT2D eigenvalue weighted by Crippen LogP contribution is -2.64. The van der Waals surface area contributed by atoms with E-state index in [1.165, 1.54) is 6.42 Å². The summed E-state index contributed by atoms with van der Waals surface area (Å²) < 4.78 is 11.3. The highest BCUT2D eigenvalue weighted by Crippen LogP contribution is 2.26. The zero-order valence-electron chi connectivity index (χ0n) is 12.1. The van der Waals surface area contributed by atoms with Gasteiger partial charge in [0.1, 0.15) is 0 Å². The fraction of sp³-hybridized carbons (Fsp3) is 1.00. The number of hydrogen-bond acceptors (Lipinski definition) is 4. The molecule has 2 saturated heterocycles. The fourth-order valence-corrected chi connectivity index (χ4v) is 3.08. The molecule has 0 saturated carbocycles. The smallest absolute Gasteiger partial charge is 0.0645 e. The molecule has 0 radical (unpaired) electrons. The minimum atomic E-state index is 0.121. The Bertz CT molecular complexity index is 258. The van der Waals surface area contributed by atoms with Crippen molar-refractivity contribution >= 4 is 0 Å². The fourth-order valence-electron chi connectivity index (χ4n) is 3.08. The van der Waals surface area contributed by atoms with Crippen LogP contribution in [0.1, 0.15) is 33.6 Å². The van der Waals surface area contributed by atoms with E-state index in [2.05, 4.69) is 31.0 Å². The van der Waals surface area contributed by atoms with Gasteiger partial charge < -0.3 is 14.8 Å². The van der Waals surface area contributed by atoms with E-state index in [4.69, 9.17) is 9.47 Å². The summed E-state index contributed by atoms with van der Waals surface area (Å²) >= 11 is 0. The second kappa shape index (κ2) is 6.33. The molecule has 0 aromatic rings. The van der Waals surface area contributed by atoms with Gasteiger partial charge >= 0.3 is 0 Å². The van der Waals surface area contributed by atoms with Gasteiger partial charge in [-0.3, -0.25) is 4.90 Å². The summed E-state index contributed by atoms with van der Waals surface area (Å²) in [5.41, 5.74) is 0.121. The van der Waals surface area contributed by atoms with Crippen molar-refractivity contribution in [2.24, 2.45) is 0 Å². The van der Waals surface area contributed by atoms with E-state index in [0.29, 0.717) is 12.1 Å². The van der Waals surface area contributed by atoms with E-state index in [0.717, 1.165) is 45.9 Å². The predicted molar refractivity (Wildman–Crippen MR) is 72.9 cm³/mol. The lowest BCUT2D eigenvalue weighted by Gasteiger charge is -2.50. The van der Waals surface area contributed by atoms with Crippen molar-refractivity contribution in [3.63, 3.8) is 0 Å². The third-order valence-electron chi connectivity index (χ3n) is 4.09. The molecule has 0 amide bonds. The van der Waals surface area contributed by atoms with Crippen molar-refractivity contribution in [3.05, 3.63) is 0 Å². The molecule has 2 atom stereocenters. The van der Waals surface area contributed by atoms with Gasteiger partial charge in [0.05, 0.1) is 19.8 Å². The van der Waals surface area contributed by atoms with Gasteiger partial charge in [-0.2, -0.15) is 0 Å². The molecule has 2 rings (SSSR count). The summed E-state index contributed by atoms with van der Waals surface area (Å²) in [5, 5.41) is 3.69. The summed E-state index contributed by atoms with van der Waals surface area (Å²) in [6.07, 6.45) is 2.31. The Kier molecular flexibility index (Phi) is 5.01. The standard InChI is InChI=1S/C14H28N2O2/c1-4-6-15-12-5-8-17-10-13(12)16-7-9-18-11-14(16,2)3/h12-13,15H,4-11H2,1-3H3. The monoisotopic (exact) mass is 256 g/mol. The van der Waals surface area contributed by atoms with Crippen molar-refractivity contribution in [2.75, 3.05) is 39.5 Å². The van der Waals surface area contributed by atoms with Gasteiger partial charge in [-0.1, -0.05) is 6.92 Å². The number of rotatable bonds is 4. The van der Waals surface area contributed by atoms with Gasteiger partial charge in [-0.25, -0.2) is 0 Å². The minimum absolute atomic E-state index is 0.121. The first-order chi connectivity index (χ1) is 8.65. The highest BCUT2D eigenvalue weighted by Gasteiger charge is 2.40. The molecular formula is C14H28N2O2.